The van der Waals surface area contributed by atoms with Crippen LogP contribution in [0.2, 0.25) is 0 Å². The third-order valence-electron chi connectivity index (χ3n) is 4.82. The lowest BCUT2D eigenvalue weighted by molar-refractivity contribution is -0.126. The highest BCUT2D eigenvalue weighted by Crippen LogP contribution is 2.18. The van der Waals surface area contributed by atoms with E-state index < -0.39 is 0 Å². The van der Waals surface area contributed by atoms with Crippen LogP contribution in [0.3, 0.4) is 0 Å². The minimum atomic E-state index is -0.0922. The van der Waals surface area contributed by atoms with Crippen LogP contribution in [0.1, 0.15) is 63.5 Å². The van der Waals surface area contributed by atoms with Gasteiger partial charge in [-0.3, -0.25) is 9.69 Å². The van der Waals surface area contributed by atoms with Gasteiger partial charge in [-0.25, -0.2) is 0 Å². The number of benzene rings is 1. The van der Waals surface area contributed by atoms with Gasteiger partial charge in [-0.15, -0.1) is 0 Å². The molecule has 0 bridgehead atoms. The van der Waals surface area contributed by atoms with Gasteiger partial charge in [-0.1, -0.05) is 51.0 Å². The number of hydrogen-bond acceptors (Lipinski definition) is 2. The number of likely N-dealkylation sites (N-methyl/N-ethyl adjacent to an activating group) is 1. The Bertz CT molecular complexity index is 475. The second-order valence-corrected chi connectivity index (χ2v) is 6.98. The molecular formula is C19H30N2O. The monoisotopic (exact) mass is 302 g/mol. The fourth-order valence-corrected chi connectivity index (χ4v) is 3.02. The molecule has 1 atom stereocenters. The number of nitrogens with zero attached hydrogens (tertiary/aromatic N) is 1. The molecule has 1 saturated carbocycles. The topological polar surface area (TPSA) is 32.3 Å². The predicted octanol–water partition coefficient (Wildman–Crippen LogP) is 3.69. The van der Waals surface area contributed by atoms with Crippen LogP contribution in [0.5, 0.6) is 0 Å². The third-order valence-corrected chi connectivity index (χ3v) is 4.82. The maximum atomic E-state index is 12.3. The standard InChI is InChI=1S/C19H30N2O/c1-14(2)17-11-9-16(10-12-17)13-21(4)15(3)19(22)20-18-7-5-6-8-18/h9-12,14-15,18H,5-8,13H2,1-4H3,(H,20,22). The van der Waals surface area contributed by atoms with E-state index in [4.69, 9.17) is 0 Å². The summed E-state index contributed by atoms with van der Waals surface area (Å²) >= 11 is 0. The highest BCUT2D eigenvalue weighted by atomic mass is 16.2. The van der Waals surface area contributed by atoms with Crippen molar-refractivity contribution in [2.24, 2.45) is 0 Å². The minimum Gasteiger partial charge on any atom is -0.352 e. The summed E-state index contributed by atoms with van der Waals surface area (Å²) < 4.78 is 0. The maximum Gasteiger partial charge on any atom is 0.237 e. The van der Waals surface area contributed by atoms with E-state index in [0.717, 1.165) is 19.4 Å². The summed E-state index contributed by atoms with van der Waals surface area (Å²) in [4.78, 5) is 14.4. The zero-order valence-corrected chi connectivity index (χ0v) is 14.4. The highest BCUT2D eigenvalue weighted by molar-refractivity contribution is 5.81. The van der Waals surface area contributed by atoms with Gasteiger partial charge in [0.25, 0.3) is 0 Å². The third kappa shape index (κ3) is 4.57. The van der Waals surface area contributed by atoms with Crippen LogP contribution in [-0.4, -0.2) is 29.9 Å². The molecule has 2 rings (SSSR count). The molecule has 0 aromatic heterocycles. The predicted molar refractivity (Wildman–Crippen MR) is 91.9 cm³/mol. The Morgan fingerprint density at radius 2 is 1.77 bits per heavy atom. The van der Waals surface area contributed by atoms with Gasteiger partial charge in [-0.05, 0) is 43.9 Å². The lowest BCUT2D eigenvalue weighted by Crippen LogP contribution is -2.46. The molecule has 1 unspecified atom stereocenters. The minimum absolute atomic E-state index is 0.0922. The molecule has 1 aromatic rings. The molecule has 0 aliphatic heterocycles. The lowest BCUT2D eigenvalue weighted by Gasteiger charge is -2.25. The molecule has 0 spiro atoms. The van der Waals surface area contributed by atoms with Crippen molar-refractivity contribution >= 4 is 5.91 Å². The van der Waals surface area contributed by atoms with E-state index in [1.165, 1.54) is 24.0 Å². The summed E-state index contributed by atoms with van der Waals surface area (Å²) in [6.45, 7) is 7.21. The van der Waals surface area contributed by atoms with Crippen LogP contribution in [0.15, 0.2) is 24.3 Å². The first-order valence-electron chi connectivity index (χ1n) is 8.57. The quantitative estimate of drug-likeness (QED) is 0.869. The van der Waals surface area contributed by atoms with Crippen LogP contribution >= 0.6 is 0 Å². The summed E-state index contributed by atoms with van der Waals surface area (Å²) in [5.41, 5.74) is 2.62. The maximum absolute atomic E-state index is 12.3. The number of nitrogens with one attached hydrogen (secondary N) is 1. The van der Waals surface area contributed by atoms with Crippen molar-refractivity contribution in [2.75, 3.05) is 7.05 Å². The lowest BCUT2D eigenvalue weighted by atomic mass is 10.0. The van der Waals surface area contributed by atoms with E-state index >= 15 is 0 Å². The summed E-state index contributed by atoms with van der Waals surface area (Å²) in [6, 6.07) is 9.04. The van der Waals surface area contributed by atoms with E-state index in [1.54, 1.807) is 0 Å². The van der Waals surface area contributed by atoms with E-state index in [2.05, 4.69) is 48.3 Å². The second-order valence-electron chi connectivity index (χ2n) is 6.98. The number of rotatable bonds is 6. The number of amides is 1. The Kier molecular flexibility index (Phi) is 6.01. The average Bonchev–Trinajstić information content (AvgIpc) is 2.99. The van der Waals surface area contributed by atoms with Crippen molar-refractivity contribution in [1.82, 2.24) is 10.2 Å². The Labute approximate surface area is 135 Å². The molecule has 122 valence electrons. The van der Waals surface area contributed by atoms with Gasteiger partial charge in [0, 0.05) is 12.6 Å². The van der Waals surface area contributed by atoms with Crippen LogP contribution < -0.4 is 5.32 Å². The molecule has 1 aromatic carbocycles. The van der Waals surface area contributed by atoms with Crippen molar-refractivity contribution in [1.29, 1.82) is 0 Å². The molecule has 3 heteroatoms. The van der Waals surface area contributed by atoms with Gasteiger partial charge in [-0.2, -0.15) is 0 Å². The van der Waals surface area contributed by atoms with Crippen LogP contribution in [0.4, 0.5) is 0 Å². The Hall–Kier alpha value is -1.35. The summed E-state index contributed by atoms with van der Waals surface area (Å²) in [5, 5.41) is 3.19. The average molecular weight is 302 g/mol. The highest BCUT2D eigenvalue weighted by Gasteiger charge is 2.23. The van der Waals surface area contributed by atoms with Crippen molar-refractivity contribution in [3.05, 3.63) is 35.4 Å². The molecule has 1 aliphatic carbocycles. The van der Waals surface area contributed by atoms with Crippen molar-refractivity contribution in [3.8, 4) is 0 Å². The van der Waals surface area contributed by atoms with Gasteiger partial charge >= 0.3 is 0 Å². The van der Waals surface area contributed by atoms with Gasteiger partial charge in [0.05, 0.1) is 6.04 Å². The van der Waals surface area contributed by atoms with Crippen LogP contribution in [0.25, 0.3) is 0 Å². The largest absolute Gasteiger partial charge is 0.352 e. The first-order valence-corrected chi connectivity index (χ1v) is 8.57. The summed E-state index contributed by atoms with van der Waals surface area (Å²) in [6.07, 6.45) is 4.77. The molecule has 3 nitrogen and oxygen atoms in total. The molecule has 1 N–H and O–H groups in total. The van der Waals surface area contributed by atoms with Crippen LogP contribution in [0, 0.1) is 0 Å². The Morgan fingerprint density at radius 3 is 2.32 bits per heavy atom. The smallest absolute Gasteiger partial charge is 0.237 e. The Morgan fingerprint density at radius 1 is 1.18 bits per heavy atom. The SMILES string of the molecule is CC(C)c1ccc(CN(C)C(C)C(=O)NC2CCCC2)cc1. The van der Waals surface area contributed by atoms with Gasteiger partial charge in [0.2, 0.25) is 5.91 Å². The number of carbonyl (C=O) groups excluding carboxylic acids is 1. The molecule has 0 radical (unpaired) electrons. The van der Waals surface area contributed by atoms with E-state index in [-0.39, 0.29) is 11.9 Å². The summed E-state index contributed by atoms with van der Waals surface area (Å²) in [7, 11) is 2.02. The van der Waals surface area contributed by atoms with Crippen LogP contribution in [-0.2, 0) is 11.3 Å². The molecule has 1 aliphatic rings. The molecule has 0 heterocycles. The molecule has 1 fully saturated rings. The first-order chi connectivity index (χ1) is 10.5. The fraction of sp³-hybridized carbons (Fsp3) is 0.632. The van der Waals surface area contributed by atoms with E-state index in [0.29, 0.717) is 12.0 Å². The second kappa shape index (κ2) is 7.77. The molecule has 22 heavy (non-hydrogen) atoms. The van der Waals surface area contributed by atoms with Gasteiger partial charge < -0.3 is 5.32 Å². The number of carbonyl (C=O) groups is 1. The zero-order valence-electron chi connectivity index (χ0n) is 14.4. The first kappa shape index (κ1) is 17.0. The van der Waals surface area contributed by atoms with E-state index in [1.807, 2.05) is 14.0 Å². The molecule has 1 amide bonds. The fourth-order valence-electron chi connectivity index (χ4n) is 3.02. The Balaban J connectivity index is 1.86. The molecular weight excluding hydrogens is 272 g/mol. The summed E-state index contributed by atoms with van der Waals surface area (Å²) in [5.74, 6) is 0.719. The molecule has 0 saturated heterocycles. The van der Waals surface area contributed by atoms with Crippen molar-refractivity contribution in [2.45, 2.75) is 71.0 Å². The van der Waals surface area contributed by atoms with Crippen molar-refractivity contribution < 1.29 is 4.79 Å². The number of hydrogen-bond donors (Lipinski definition) is 1. The van der Waals surface area contributed by atoms with Crippen molar-refractivity contribution in [3.63, 3.8) is 0 Å². The normalized spacial score (nSPS) is 17.2. The zero-order chi connectivity index (χ0) is 16.1. The van der Waals surface area contributed by atoms with Gasteiger partial charge in [0.1, 0.15) is 0 Å². The van der Waals surface area contributed by atoms with Gasteiger partial charge in [0.15, 0.2) is 0 Å². The van der Waals surface area contributed by atoms with E-state index in [9.17, 15) is 4.79 Å².